The molecule has 0 aliphatic carbocycles. The molecule has 1 amide bonds. The summed E-state index contributed by atoms with van der Waals surface area (Å²) in [5.74, 6) is 1.73. The lowest BCUT2D eigenvalue weighted by Crippen LogP contribution is -2.14. The molecule has 28 heavy (non-hydrogen) atoms. The summed E-state index contributed by atoms with van der Waals surface area (Å²) in [5, 5.41) is 6.04. The molecule has 0 spiro atoms. The van der Waals surface area contributed by atoms with Gasteiger partial charge in [-0.25, -0.2) is 0 Å². The van der Waals surface area contributed by atoms with Gasteiger partial charge in [-0.3, -0.25) is 4.79 Å². The van der Waals surface area contributed by atoms with Crippen LogP contribution in [-0.2, 0) is 10.5 Å². The highest BCUT2D eigenvalue weighted by atomic mass is 32.2. The fraction of sp³-hybridized carbons (Fsp3) is 0.200. The van der Waals surface area contributed by atoms with Gasteiger partial charge in [-0.2, -0.15) is 15.0 Å². The first-order valence-corrected chi connectivity index (χ1v) is 9.92. The topological polar surface area (TPSA) is 106 Å². The predicted octanol–water partition coefficient (Wildman–Crippen LogP) is 3.69. The number of aryl methyl sites for hydroxylation is 2. The van der Waals surface area contributed by atoms with Gasteiger partial charge in [0.1, 0.15) is 5.82 Å². The molecule has 1 aromatic heterocycles. The Morgan fingerprint density at radius 3 is 2.68 bits per heavy atom. The first kappa shape index (κ1) is 19.6. The lowest BCUT2D eigenvalue weighted by atomic mass is 10.2. The van der Waals surface area contributed by atoms with Gasteiger partial charge in [0.25, 0.3) is 0 Å². The molecule has 8 heteroatoms. The largest absolute Gasteiger partial charge is 0.368 e. The molecule has 0 saturated heterocycles. The van der Waals surface area contributed by atoms with Crippen molar-refractivity contribution in [1.82, 2.24) is 15.0 Å². The van der Waals surface area contributed by atoms with E-state index in [9.17, 15) is 4.79 Å². The van der Waals surface area contributed by atoms with Crippen LogP contribution in [0.15, 0.2) is 48.5 Å². The molecule has 0 aliphatic heterocycles. The number of anilines is 4. The number of nitrogens with two attached hydrogens (primary N) is 1. The number of amides is 1. The minimum Gasteiger partial charge on any atom is -0.368 e. The maximum atomic E-state index is 12.1. The fourth-order valence-corrected chi connectivity index (χ4v) is 3.22. The summed E-state index contributed by atoms with van der Waals surface area (Å²) in [5.41, 5.74) is 9.68. The number of aromatic nitrogens is 3. The number of nitrogens with one attached hydrogen (secondary N) is 2. The average Bonchev–Trinajstić information content (AvgIpc) is 2.63. The van der Waals surface area contributed by atoms with Crippen molar-refractivity contribution >= 4 is 40.9 Å². The third-order valence-electron chi connectivity index (χ3n) is 3.86. The van der Waals surface area contributed by atoms with Crippen LogP contribution in [0.25, 0.3) is 0 Å². The molecule has 2 aromatic carbocycles. The van der Waals surface area contributed by atoms with Crippen molar-refractivity contribution < 1.29 is 4.79 Å². The first-order valence-electron chi connectivity index (χ1n) is 8.77. The van der Waals surface area contributed by atoms with Crippen molar-refractivity contribution in [3.8, 4) is 0 Å². The number of hydrogen-bond acceptors (Lipinski definition) is 7. The highest BCUT2D eigenvalue weighted by Crippen LogP contribution is 2.19. The van der Waals surface area contributed by atoms with Gasteiger partial charge < -0.3 is 16.4 Å². The maximum Gasteiger partial charge on any atom is 0.234 e. The normalized spacial score (nSPS) is 10.5. The molecule has 0 atom stereocenters. The van der Waals surface area contributed by atoms with Gasteiger partial charge in [0.2, 0.25) is 17.8 Å². The lowest BCUT2D eigenvalue weighted by molar-refractivity contribution is -0.113. The van der Waals surface area contributed by atoms with Crippen LogP contribution < -0.4 is 16.4 Å². The second-order valence-electron chi connectivity index (χ2n) is 6.28. The van der Waals surface area contributed by atoms with Crippen LogP contribution >= 0.6 is 11.8 Å². The fourth-order valence-electron chi connectivity index (χ4n) is 2.55. The van der Waals surface area contributed by atoms with E-state index in [1.165, 1.54) is 11.8 Å². The summed E-state index contributed by atoms with van der Waals surface area (Å²) >= 11 is 1.42. The molecular formula is C20H22N6OS. The van der Waals surface area contributed by atoms with E-state index >= 15 is 0 Å². The first-order chi connectivity index (χ1) is 13.5. The number of hydrogen-bond donors (Lipinski definition) is 3. The van der Waals surface area contributed by atoms with Crippen LogP contribution in [0.1, 0.15) is 17.0 Å². The number of thioether (sulfide) groups is 1. The Kier molecular flexibility index (Phi) is 6.44. The number of carbonyl (C=O) groups is 1. The molecule has 4 N–H and O–H groups in total. The van der Waals surface area contributed by atoms with Gasteiger partial charge >= 0.3 is 0 Å². The van der Waals surface area contributed by atoms with Crippen LogP contribution in [0, 0.1) is 13.8 Å². The number of carbonyl (C=O) groups excluding carboxylic acids is 1. The van der Waals surface area contributed by atoms with E-state index in [1.807, 2.05) is 62.4 Å². The van der Waals surface area contributed by atoms with Crippen LogP contribution in [0.4, 0.5) is 23.3 Å². The molecule has 0 fully saturated rings. The van der Waals surface area contributed by atoms with E-state index in [4.69, 9.17) is 5.73 Å². The molecule has 3 aromatic rings. The van der Waals surface area contributed by atoms with Gasteiger partial charge in [-0.15, -0.1) is 11.8 Å². The van der Waals surface area contributed by atoms with Crippen molar-refractivity contribution in [3.05, 3.63) is 65.5 Å². The van der Waals surface area contributed by atoms with Crippen molar-refractivity contribution in [1.29, 1.82) is 0 Å². The molecule has 0 unspecified atom stereocenters. The lowest BCUT2D eigenvalue weighted by Gasteiger charge is -2.09. The van der Waals surface area contributed by atoms with Crippen molar-refractivity contribution in [2.24, 2.45) is 0 Å². The van der Waals surface area contributed by atoms with Crippen LogP contribution in [0.3, 0.4) is 0 Å². The van der Waals surface area contributed by atoms with E-state index in [1.54, 1.807) is 0 Å². The van der Waals surface area contributed by atoms with E-state index in [0.29, 0.717) is 23.3 Å². The summed E-state index contributed by atoms with van der Waals surface area (Å²) < 4.78 is 0. The highest BCUT2D eigenvalue weighted by molar-refractivity contribution is 7.99. The highest BCUT2D eigenvalue weighted by Gasteiger charge is 2.08. The zero-order chi connectivity index (χ0) is 19.9. The Morgan fingerprint density at radius 2 is 1.89 bits per heavy atom. The summed E-state index contributed by atoms with van der Waals surface area (Å²) in [6, 6.07) is 15.5. The quantitative estimate of drug-likeness (QED) is 0.561. The predicted molar refractivity (Wildman–Crippen MR) is 115 cm³/mol. The number of rotatable bonds is 7. The number of nitrogens with zero attached hydrogens (tertiary/aromatic N) is 3. The number of para-hydroxylation sites is 1. The molecule has 7 nitrogen and oxygen atoms in total. The minimum atomic E-state index is -0.0733. The summed E-state index contributed by atoms with van der Waals surface area (Å²) in [7, 11) is 0. The molecule has 0 bridgehead atoms. The molecule has 3 rings (SSSR count). The van der Waals surface area contributed by atoms with Gasteiger partial charge in [0.05, 0.1) is 11.5 Å². The zero-order valence-corrected chi connectivity index (χ0v) is 16.6. The average molecular weight is 395 g/mol. The van der Waals surface area contributed by atoms with Gasteiger partial charge in [0, 0.05) is 11.4 Å². The second kappa shape index (κ2) is 9.18. The third-order valence-corrected chi connectivity index (χ3v) is 4.79. The summed E-state index contributed by atoms with van der Waals surface area (Å²) in [6.07, 6.45) is 0. The zero-order valence-electron chi connectivity index (χ0n) is 15.8. The molecule has 0 aliphatic rings. The Labute approximate surface area is 168 Å². The molecule has 144 valence electrons. The SMILES string of the molecule is Cc1cccc(NC(=O)CSCc2nc(N)nc(Nc3ccccc3C)n2)c1. The Balaban J connectivity index is 1.56. The monoisotopic (exact) mass is 394 g/mol. The van der Waals surface area contributed by atoms with Crippen LogP contribution in [0.2, 0.25) is 0 Å². The van der Waals surface area contributed by atoms with E-state index in [-0.39, 0.29) is 11.9 Å². The van der Waals surface area contributed by atoms with Crippen LogP contribution in [0.5, 0.6) is 0 Å². The Hall–Kier alpha value is -3.13. The van der Waals surface area contributed by atoms with Crippen LogP contribution in [-0.4, -0.2) is 26.6 Å². The van der Waals surface area contributed by atoms with E-state index in [0.717, 1.165) is 22.5 Å². The Morgan fingerprint density at radius 1 is 1.07 bits per heavy atom. The van der Waals surface area contributed by atoms with Crippen molar-refractivity contribution in [3.63, 3.8) is 0 Å². The maximum absolute atomic E-state index is 12.1. The number of benzene rings is 2. The van der Waals surface area contributed by atoms with Gasteiger partial charge in [-0.05, 0) is 43.2 Å². The standard InChI is InChI=1S/C20H22N6OS/c1-13-6-5-8-15(10-13)22-18(27)12-28-11-17-24-19(21)26-20(25-17)23-16-9-4-3-7-14(16)2/h3-10H,11-12H2,1-2H3,(H,22,27)(H3,21,23,24,25,26). The summed E-state index contributed by atoms with van der Waals surface area (Å²) in [6.45, 7) is 3.98. The minimum absolute atomic E-state index is 0.0733. The van der Waals surface area contributed by atoms with E-state index in [2.05, 4.69) is 25.6 Å². The van der Waals surface area contributed by atoms with Crippen molar-refractivity contribution in [2.45, 2.75) is 19.6 Å². The number of nitrogen functional groups attached to an aromatic ring is 1. The van der Waals surface area contributed by atoms with Crippen molar-refractivity contribution in [2.75, 3.05) is 22.1 Å². The molecule has 1 heterocycles. The van der Waals surface area contributed by atoms with Gasteiger partial charge in [-0.1, -0.05) is 30.3 Å². The smallest absolute Gasteiger partial charge is 0.234 e. The molecular weight excluding hydrogens is 372 g/mol. The molecule has 0 radical (unpaired) electrons. The van der Waals surface area contributed by atoms with Gasteiger partial charge in [0.15, 0.2) is 0 Å². The van der Waals surface area contributed by atoms with E-state index < -0.39 is 0 Å². The third kappa shape index (κ3) is 5.68. The molecule has 0 saturated carbocycles. The summed E-state index contributed by atoms with van der Waals surface area (Å²) in [4.78, 5) is 24.8. The second-order valence-corrected chi connectivity index (χ2v) is 7.27. The Bertz CT molecular complexity index is 978.